The van der Waals surface area contributed by atoms with Gasteiger partial charge in [0.05, 0.1) is 5.69 Å². The summed E-state index contributed by atoms with van der Waals surface area (Å²) >= 11 is 0. The maximum atomic E-state index is 2.50. The summed E-state index contributed by atoms with van der Waals surface area (Å²) < 4.78 is 0. The van der Waals surface area contributed by atoms with Crippen LogP contribution in [0.15, 0.2) is 158 Å². The van der Waals surface area contributed by atoms with E-state index in [-0.39, 0.29) is 5.41 Å². The summed E-state index contributed by atoms with van der Waals surface area (Å²) in [5.74, 6) is 0. The summed E-state index contributed by atoms with van der Waals surface area (Å²) in [6, 6.07) is 58.1. The molecule has 0 spiro atoms. The number of nitrogens with zero attached hydrogens (tertiary/aromatic N) is 1. The van der Waals surface area contributed by atoms with E-state index in [4.69, 9.17) is 0 Å². The molecular formula is C46H39N. The molecule has 0 bridgehead atoms. The van der Waals surface area contributed by atoms with Crippen molar-refractivity contribution in [3.05, 3.63) is 174 Å². The minimum Gasteiger partial charge on any atom is -0.310 e. The molecule has 0 saturated carbocycles. The molecule has 1 heteroatoms. The Kier molecular flexibility index (Phi) is 7.26. The number of hydrogen-bond acceptors (Lipinski definition) is 1. The Balaban J connectivity index is 1.37. The van der Waals surface area contributed by atoms with Crippen LogP contribution < -0.4 is 4.90 Å². The highest BCUT2D eigenvalue weighted by atomic mass is 15.1. The topological polar surface area (TPSA) is 3.24 Å². The number of para-hydroxylation sites is 2. The van der Waals surface area contributed by atoms with Gasteiger partial charge in [0, 0.05) is 22.4 Å². The third-order valence-electron chi connectivity index (χ3n) is 10.5. The summed E-state index contributed by atoms with van der Waals surface area (Å²) in [7, 11) is 0. The number of rotatable bonds is 7. The van der Waals surface area contributed by atoms with Gasteiger partial charge in [0.1, 0.15) is 0 Å². The molecule has 0 heterocycles. The number of anilines is 3. The summed E-state index contributed by atoms with van der Waals surface area (Å²) in [6.07, 6.45) is 2.10. The molecule has 0 saturated heterocycles. The van der Waals surface area contributed by atoms with Crippen LogP contribution in [0.2, 0.25) is 0 Å². The second-order valence-electron chi connectivity index (χ2n) is 12.8. The van der Waals surface area contributed by atoms with Crippen molar-refractivity contribution in [3.8, 4) is 33.4 Å². The smallest absolute Gasteiger partial charge is 0.0540 e. The number of fused-ring (bicyclic) bond motifs is 4. The molecule has 0 atom stereocenters. The first-order chi connectivity index (χ1) is 23.1. The normalized spacial score (nSPS) is 12.9. The van der Waals surface area contributed by atoms with E-state index in [1.165, 1.54) is 77.9 Å². The Morgan fingerprint density at radius 3 is 1.74 bits per heavy atom. The molecule has 228 valence electrons. The summed E-state index contributed by atoms with van der Waals surface area (Å²) in [5, 5.41) is 2.62. The van der Waals surface area contributed by atoms with Gasteiger partial charge in [-0.25, -0.2) is 0 Å². The average Bonchev–Trinajstić information content (AvgIpc) is 3.40. The Labute approximate surface area is 278 Å². The summed E-state index contributed by atoms with van der Waals surface area (Å²) in [5.41, 5.74) is 15.3. The van der Waals surface area contributed by atoms with Crippen molar-refractivity contribution in [1.82, 2.24) is 0 Å². The number of hydrogen-bond donors (Lipinski definition) is 0. The maximum absolute atomic E-state index is 2.50. The fourth-order valence-corrected chi connectivity index (χ4v) is 8.02. The van der Waals surface area contributed by atoms with Crippen molar-refractivity contribution in [2.75, 3.05) is 4.90 Å². The summed E-state index contributed by atoms with van der Waals surface area (Å²) in [6.45, 7) is 6.94. The number of benzene rings is 7. The Morgan fingerprint density at radius 1 is 0.447 bits per heavy atom. The zero-order valence-electron chi connectivity index (χ0n) is 27.4. The third-order valence-corrected chi connectivity index (χ3v) is 10.5. The highest BCUT2D eigenvalue weighted by Crippen LogP contribution is 2.55. The second-order valence-corrected chi connectivity index (χ2v) is 12.8. The molecule has 7 aromatic rings. The van der Waals surface area contributed by atoms with Gasteiger partial charge in [-0.1, -0.05) is 135 Å². The SMILES string of the molecule is CCC1(CC)c2cc(N(c3ccccc3C)c3ccccc3-c3ccccc3-c3ccccc3)ccc2-c2cc3ccccc3cc21. The van der Waals surface area contributed by atoms with Crippen LogP contribution in [0, 0.1) is 6.92 Å². The van der Waals surface area contributed by atoms with E-state index < -0.39 is 0 Å². The molecular weight excluding hydrogens is 567 g/mol. The van der Waals surface area contributed by atoms with Gasteiger partial charge in [-0.15, -0.1) is 0 Å². The van der Waals surface area contributed by atoms with Crippen molar-refractivity contribution in [2.45, 2.75) is 39.0 Å². The molecule has 1 aliphatic rings. The van der Waals surface area contributed by atoms with E-state index >= 15 is 0 Å². The third kappa shape index (κ3) is 4.69. The van der Waals surface area contributed by atoms with Crippen molar-refractivity contribution in [1.29, 1.82) is 0 Å². The number of aryl methyl sites for hydroxylation is 1. The monoisotopic (exact) mass is 605 g/mol. The van der Waals surface area contributed by atoms with Crippen LogP contribution in [-0.2, 0) is 5.41 Å². The van der Waals surface area contributed by atoms with Gasteiger partial charge in [-0.2, -0.15) is 0 Å². The van der Waals surface area contributed by atoms with E-state index in [2.05, 4.69) is 183 Å². The molecule has 1 aliphatic carbocycles. The molecule has 0 amide bonds. The van der Waals surface area contributed by atoms with Gasteiger partial charge < -0.3 is 4.90 Å². The average molecular weight is 606 g/mol. The van der Waals surface area contributed by atoms with Crippen LogP contribution in [0.4, 0.5) is 17.1 Å². The highest BCUT2D eigenvalue weighted by Gasteiger charge is 2.41. The van der Waals surface area contributed by atoms with Crippen LogP contribution in [0.1, 0.15) is 43.4 Å². The van der Waals surface area contributed by atoms with E-state index in [1.54, 1.807) is 0 Å². The maximum Gasteiger partial charge on any atom is 0.0540 e. The van der Waals surface area contributed by atoms with Gasteiger partial charge in [0.2, 0.25) is 0 Å². The van der Waals surface area contributed by atoms with Gasteiger partial charge in [0.15, 0.2) is 0 Å². The fourth-order valence-electron chi connectivity index (χ4n) is 8.02. The molecule has 0 aliphatic heterocycles. The van der Waals surface area contributed by atoms with Crippen LogP contribution in [-0.4, -0.2) is 0 Å². The fraction of sp³-hybridized carbons (Fsp3) is 0.130. The van der Waals surface area contributed by atoms with Crippen molar-refractivity contribution >= 4 is 27.8 Å². The van der Waals surface area contributed by atoms with Gasteiger partial charge in [-0.05, 0) is 111 Å². The van der Waals surface area contributed by atoms with Crippen molar-refractivity contribution < 1.29 is 0 Å². The van der Waals surface area contributed by atoms with E-state index in [0.717, 1.165) is 12.8 Å². The Bertz CT molecular complexity index is 2240. The predicted molar refractivity (Wildman–Crippen MR) is 201 cm³/mol. The van der Waals surface area contributed by atoms with E-state index in [9.17, 15) is 0 Å². The lowest BCUT2D eigenvalue weighted by Crippen LogP contribution is -2.23. The molecule has 7 aromatic carbocycles. The molecule has 1 nitrogen and oxygen atoms in total. The zero-order valence-corrected chi connectivity index (χ0v) is 27.4. The molecule has 0 aromatic heterocycles. The van der Waals surface area contributed by atoms with Crippen LogP contribution in [0.5, 0.6) is 0 Å². The zero-order chi connectivity index (χ0) is 32.0. The predicted octanol–water partition coefficient (Wildman–Crippen LogP) is 13.0. The molecule has 0 radical (unpaired) electrons. The van der Waals surface area contributed by atoms with Gasteiger partial charge in [0.25, 0.3) is 0 Å². The highest BCUT2D eigenvalue weighted by molar-refractivity contribution is 5.97. The van der Waals surface area contributed by atoms with Crippen LogP contribution >= 0.6 is 0 Å². The van der Waals surface area contributed by atoms with Gasteiger partial charge in [-0.3, -0.25) is 0 Å². The van der Waals surface area contributed by atoms with Crippen molar-refractivity contribution in [3.63, 3.8) is 0 Å². The lowest BCUT2D eigenvalue weighted by atomic mass is 9.73. The van der Waals surface area contributed by atoms with E-state index in [1.807, 2.05) is 0 Å². The Hall–Kier alpha value is -5.40. The molecule has 8 rings (SSSR count). The molecule has 0 N–H and O–H groups in total. The molecule has 0 fully saturated rings. The summed E-state index contributed by atoms with van der Waals surface area (Å²) in [4.78, 5) is 2.49. The first-order valence-electron chi connectivity index (χ1n) is 16.9. The standard InChI is InChI=1S/C46H39N/c1-4-46(5-2)42-30-35-21-11-10-20-34(35)29-41(42)39-28-27-36(31-43(39)46)47(44-25-15-9-17-32(44)3)45-26-16-14-24-40(45)38-23-13-12-22-37(38)33-18-7-6-8-19-33/h6-31H,4-5H2,1-3H3. The van der Waals surface area contributed by atoms with Gasteiger partial charge >= 0.3 is 0 Å². The molecule has 0 unspecified atom stereocenters. The molecule has 47 heavy (non-hydrogen) atoms. The second kappa shape index (κ2) is 11.8. The lowest BCUT2D eigenvalue weighted by Gasteiger charge is -2.33. The Morgan fingerprint density at radius 2 is 1.02 bits per heavy atom. The minimum absolute atomic E-state index is 0.0401. The van der Waals surface area contributed by atoms with Crippen molar-refractivity contribution in [2.24, 2.45) is 0 Å². The van der Waals surface area contributed by atoms with E-state index in [0.29, 0.717) is 0 Å². The lowest BCUT2D eigenvalue weighted by molar-refractivity contribution is 0.491. The van der Waals surface area contributed by atoms with Crippen LogP contribution in [0.3, 0.4) is 0 Å². The quantitative estimate of drug-likeness (QED) is 0.175. The first-order valence-corrected chi connectivity index (χ1v) is 16.9. The minimum atomic E-state index is -0.0401. The first kappa shape index (κ1) is 29.0. The largest absolute Gasteiger partial charge is 0.310 e. The van der Waals surface area contributed by atoms with Crippen LogP contribution in [0.25, 0.3) is 44.2 Å².